The number of hydrogen-bond acceptors (Lipinski definition) is 3. The van der Waals surface area contributed by atoms with Gasteiger partial charge in [0.25, 0.3) is 0 Å². The molecule has 0 aromatic heterocycles. The Hall–Kier alpha value is -2.10. The van der Waals surface area contributed by atoms with Gasteiger partial charge in [0.2, 0.25) is 0 Å². The number of hydrogen-bond donors (Lipinski definition) is 2. The summed E-state index contributed by atoms with van der Waals surface area (Å²) in [6, 6.07) is 6.67. The Balaban J connectivity index is 2.18. The molecule has 0 saturated heterocycles. The molecule has 1 aromatic carbocycles. The normalized spacial score (nSPS) is 21.4. The fourth-order valence-corrected chi connectivity index (χ4v) is 2.27. The molecule has 1 aliphatic carbocycles. The van der Waals surface area contributed by atoms with E-state index < -0.39 is 5.97 Å². The topological polar surface area (TPSA) is 66.4 Å². The van der Waals surface area contributed by atoms with Crippen LogP contribution in [0, 0.1) is 5.92 Å². The first-order valence-electron chi connectivity index (χ1n) is 6.41. The molecule has 100 valence electrons. The number of anilines is 1. The first kappa shape index (κ1) is 13.3. The number of para-hydroxylation sites is 1. The summed E-state index contributed by atoms with van der Waals surface area (Å²) in [5, 5.41) is 12.0. The lowest BCUT2D eigenvalue weighted by atomic mass is 9.86. The third-order valence-electron chi connectivity index (χ3n) is 3.41. The summed E-state index contributed by atoms with van der Waals surface area (Å²) in [4.78, 5) is 23.0. The van der Waals surface area contributed by atoms with Gasteiger partial charge in [-0.05, 0) is 31.4 Å². The van der Waals surface area contributed by atoms with Gasteiger partial charge >= 0.3 is 5.97 Å². The highest BCUT2D eigenvalue weighted by molar-refractivity contribution is 5.98. The van der Waals surface area contributed by atoms with Crippen molar-refractivity contribution in [3.05, 3.63) is 41.6 Å². The second-order valence-corrected chi connectivity index (χ2v) is 4.82. The van der Waals surface area contributed by atoms with E-state index in [-0.39, 0.29) is 17.3 Å². The highest BCUT2D eigenvalue weighted by Gasteiger charge is 2.22. The number of aromatic carboxylic acids is 1. The van der Waals surface area contributed by atoms with Crippen molar-refractivity contribution in [2.75, 3.05) is 5.32 Å². The van der Waals surface area contributed by atoms with Crippen LogP contribution in [0.15, 0.2) is 36.0 Å². The predicted octanol–water partition coefficient (Wildman–Crippen LogP) is 3.07. The van der Waals surface area contributed by atoms with Gasteiger partial charge in [-0.3, -0.25) is 4.79 Å². The SMILES string of the molecule is CC1CCC/C(=C/Nc2ccccc2C(=O)O)C1=O. The van der Waals surface area contributed by atoms with Gasteiger partial charge in [0, 0.05) is 17.7 Å². The van der Waals surface area contributed by atoms with Crippen LogP contribution in [-0.2, 0) is 4.79 Å². The lowest BCUT2D eigenvalue weighted by Gasteiger charge is -2.19. The number of carboxylic acids is 1. The van der Waals surface area contributed by atoms with Crippen molar-refractivity contribution >= 4 is 17.4 Å². The number of carboxylic acid groups (broad SMARTS) is 1. The molecule has 2 N–H and O–H groups in total. The number of carbonyl (C=O) groups excluding carboxylic acids is 1. The van der Waals surface area contributed by atoms with Crippen molar-refractivity contribution in [3.63, 3.8) is 0 Å². The van der Waals surface area contributed by atoms with Crippen LogP contribution in [0.25, 0.3) is 0 Å². The van der Waals surface area contributed by atoms with E-state index in [1.807, 2.05) is 6.92 Å². The summed E-state index contributed by atoms with van der Waals surface area (Å²) in [7, 11) is 0. The zero-order chi connectivity index (χ0) is 13.8. The van der Waals surface area contributed by atoms with E-state index >= 15 is 0 Å². The highest BCUT2D eigenvalue weighted by Crippen LogP contribution is 2.25. The van der Waals surface area contributed by atoms with Crippen molar-refractivity contribution < 1.29 is 14.7 Å². The summed E-state index contributed by atoms with van der Waals surface area (Å²) in [6.07, 6.45) is 4.34. The molecule has 0 spiro atoms. The summed E-state index contributed by atoms with van der Waals surface area (Å²) in [5.74, 6) is -0.757. The first-order valence-corrected chi connectivity index (χ1v) is 6.41. The van der Waals surface area contributed by atoms with Crippen LogP contribution in [0.5, 0.6) is 0 Å². The van der Waals surface area contributed by atoms with Gasteiger partial charge in [0.05, 0.1) is 11.3 Å². The molecule has 1 atom stereocenters. The van der Waals surface area contributed by atoms with Crippen LogP contribution in [-0.4, -0.2) is 16.9 Å². The molecular weight excluding hydrogens is 242 g/mol. The standard InChI is InChI=1S/C15H17NO3/c1-10-5-4-6-11(14(10)17)9-16-13-8-3-2-7-12(13)15(18)19/h2-3,7-10,16H,4-6H2,1H3,(H,18,19)/b11-9-. The number of Topliss-reactive ketones (excluding diaryl/α,β-unsaturated/α-hetero) is 1. The van der Waals surface area contributed by atoms with Crippen molar-refractivity contribution in [2.24, 2.45) is 5.92 Å². The van der Waals surface area contributed by atoms with Crippen molar-refractivity contribution in [1.82, 2.24) is 0 Å². The first-order chi connectivity index (χ1) is 9.09. The molecule has 4 heteroatoms. The van der Waals surface area contributed by atoms with Crippen LogP contribution in [0.1, 0.15) is 36.5 Å². The minimum absolute atomic E-state index is 0.0662. The van der Waals surface area contributed by atoms with Gasteiger partial charge in [0.1, 0.15) is 0 Å². The second-order valence-electron chi connectivity index (χ2n) is 4.82. The monoisotopic (exact) mass is 259 g/mol. The van der Waals surface area contributed by atoms with E-state index in [1.165, 1.54) is 6.07 Å². The largest absolute Gasteiger partial charge is 0.478 e. The average molecular weight is 259 g/mol. The maximum absolute atomic E-state index is 11.9. The molecule has 0 heterocycles. The number of benzene rings is 1. The van der Waals surface area contributed by atoms with Crippen LogP contribution >= 0.6 is 0 Å². The molecule has 0 radical (unpaired) electrons. The predicted molar refractivity (Wildman–Crippen MR) is 73.1 cm³/mol. The van der Waals surface area contributed by atoms with Crippen molar-refractivity contribution in [3.8, 4) is 0 Å². The van der Waals surface area contributed by atoms with Gasteiger partial charge in [-0.2, -0.15) is 0 Å². The highest BCUT2D eigenvalue weighted by atomic mass is 16.4. The Morgan fingerprint density at radius 3 is 2.89 bits per heavy atom. The van der Waals surface area contributed by atoms with Gasteiger partial charge in [0.15, 0.2) is 5.78 Å². The Labute approximate surface area is 112 Å². The van der Waals surface area contributed by atoms with Gasteiger partial charge in [-0.1, -0.05) is 19.1 Å². The maximum atomic E-state index is 11.9. The second kappa shape index (κ2) is 5.69. The fraction of sp³-hybridized carbons (Fsp3) is 0.333. The Kier molecular flexibility index (Phi) is 4.00. The summed E-state index contributed by atoms with van der Waals surface area (Å²) in [5.41, 5.74) is 1.46. The lowest BCUT2D eigenvalue weighted by molar-refractivity contribution is -0.119. The number of rotatable bonds is 3. The zero-order valence-corrected chi connectivity index (χ0v) is 10.8. The number of allylic oxidation sites excluding steroid dienone is 1. The number of nitrogens with one attached hydrogen (secondary N) is 1. The molecule has 1 aromatic rings. The minimum atomic E-state index is -0.982. The van der Waals surface area contributed by atoms with E-state index in [1.54, 1.807) is 24.4 Å². The summed E-state index contributed by atoms with van der Waals surface area (Å²) >= 11 is 0. The number of ketones is 1. The van der Waals surface area contributed by atoms with E-state index in [0.29, 0.717) is 5.69 Å². The molecule has 0 bridgehead atoms. The lowest BCUT2D eigenvalue weighted by Crippen LogP contribution is -2.19. The van der Waals surface area contributed by atoms with E-state index in [0.717, 1.165) is 24.8 Å². The van der Waals surface area contributed by atoms with Crippen LogP contribution in [0.3, 0.4) is 0 Å². The zero-order valence-electron chi connectivity index (χ0n) is 10.8. The molecule has 1 saturated carbocycles. The van der Waals surface area contributed by atoms with Gasteiger partial charge in [-0.25, -0.2) is 4.79 Å². The van der Waals surface area contributed by atoms with E-state index in [4.69, 9.17) is 5.11 Å². The molecule has 2 rings (SSSR count). The third-order valence-corrected chi connectivity index (χ3v) is 3.41. The van der Waals surface area contributed by atoms with Crippen LogP contribution in [0.4, 0.5) is 5.69 Å². The van der Waals surface area contributed by atoms with E-state index in [9.17, 15) is 9.59 Å². The minimum Gasteiger partial charge on any atom is -0.478 e. The molecule has 0 amide bonds. The third kappa shape index (κ3) is 3.02. The molecule has 1 unspecified atom stereocenters. The van der Waals surface area contributed by atoms with Crippen LogP contribution < -0.4 is 5.32 Å². The molecule has 1 fully saturated rings. The molecule has 4 nitrogen and oxygen atoms in total. The number of carbonyl (C=O) groups is 2. The molecule has 1 aliphatic rings. The Morgan fingerprint density at radius 1 is 1.42 bits per heavy atom. The molecule has 19 heavy (non-hydrogen) atoms. The van der Waals surface area contributed by atoms with Gasteiger partial charge < -0.3 is 10.4 Å². The van der Waals surface area contributed by atoms with E-state index in [2.05, 4.69) is 5.32 Å². The summed E-state index contributed by atoms with van der Waals surface area (Å²) in [6.45, 7) is 1.93. The van der Waals surface area contributed by atoms with Crippen molar-refractivity contribution in [1.29, 1.82) is 0 Å². The van der Waals surface area contributed by atoms with Crippen molar-refractivity contribution in [2.45, 2.75) is 26.2 Å². The Morgan fingerprint density at radius 2 is 2.16 bits per heavy atom. The average Bonchev–Trinajstić information content (AvgIpc) is 2.40. The van der Waals surface area contributed by atoms with Crippen LogP contribution in [0.2, 0.25) is 0 Å². The Bertz CT molecular complexity index is 534. The van der Waals surface area contributed by atoms with Gasteiger partial charge in [-0.15, -0.1) is 0 Å². The quantitative estimate of drug-likeness (QED) is 0.819. The summed E-state index contributed by atoms with van der Waals surface area (Å²) < 4.78 is 0. The molecule has 0 aliphatic heterocycles. The smallest absolute Gasteiger partial charge is 0.337 e. The molecular formula is C15H17NO3. The fourth-order valence-electron chi connectivity index (χ4n) is 2.27. The maximum Gasteiger partial charge on any atom is 0.337 e.